The molecule has 1 nitrogen and oxygen atoms in total. The second-order valence-corrected chi connectivity index (χ2v) is 3.85. The topological polar surface area (TPSA) is 9.23 Å². The highest BCUT2D eigenvalue weighted by molar-refractivity contribution is 6.32. The van der Waals surface area contributed by atoms with Crippen molar-refractivity contribution in [2.24, 2.45) is 0 Å². The van der Waals surface area contributed by atoms with E-state index >= 15 is 0 Å². The van der Waals surface area contributed by atoms with Crippen molar-refractivity contribution in [1.29, 1.82) is 0 Å². The summed E-state index contributed by atoms with van der Waals surface area (Å²) in [6.45, 7) is -1.82. The maximum absolute atomic E-state index is 12.6. The van der Waals surface area contributed by atoms with Gasteiger partial charge in [0.25, 0.3) is 0 Å². The third kappa shape index (κ3) is 4.04. The molecule has 9 heteroatoms. The molecular weight excluding hydrogens is 280 g/mol. The third-order valence-electron chi connectivity index (χ3n) is 2.18. The van der Waals surface area contributed by atoms with Crippen LogP contribution in [0.4, 0.5) is 30.7 Å². The minimum Gasteiger partial charge on any atom is -0.486 e. The van der Waals surface area contributed by atoms with Crippen LogP contribution < -0.4 is 10.2 Å². The van der Waals surface area contributed by atoms with Crippen LogP contribution in [0.5, 0.6) is 5.75 Å². The molecule has 0 bridgehead atoms. The number of hydrogen-bond donors (Lipinski definition) is 0. The molecule has 0 amide bonds. The molecule has 0 unspecified atom stereocenters. The molecule has 0 radical (unpaired) electrons. The molecule has 0 aromatic heterocycles. The molecule has 0 saturated carbocycles. The quantitative estimate of drug-likeness (QED) is 0.610. The first-order chi connectivity index (χ1) is 8.54. The first-order valence-corrected chi connectivity index (χ1v) is 5.00. The van der Waals surface area contributed by atoms with Crippen LogP contribution in [-0.2, 0) is 6.18 Å². The molecule has 106 valence electrons. The fraction of sp³-hybridized carbons (Fsp3) is 0.400. The lowest BCUT2D eigenvalue weighted by atomic mass is 9.94. The van der Waals surface area contributed by atoms with Gasteiger partial charge in [-0.05, 0) is 6.07 Å². The zero-order valence-electron chi connectivity index (χ0n) is 9.57. The number of halogens is 7. The van der Waals surface area contributed by atoms with Gasteiger partial charge in [-0.15, -0.1) is 0 Å². The number of hydrogen-bond acceptors (Lipinski definition) is 1. The highest BCUT2D eigenvalue weighted by Crippen LogP contribution is 2.36. The highest BCUT2D eigenvalue weighted by atomic mass is 19.4. The molecule has 0 spiro atoms. The molecule has 0 heterocycles. The van der Waals surface area contributed by atoms with Gasteiger partial charge in [-0.25, -0.2) is 8.78 Å². The Bertz CT molecular complexity index is 444. The SMILES string of the molecule is Bc1ccc(OCC(F)(F)C(F)F)c(C(F)(F)F)c1. The van der Waals surface area contributed by atoms with Gasteiger partial charge in [0.05, 0.1) is 5.56 Å². The van der Waals surface area contributed by atoms with Gasteiger partial charge in [0.15, 0.2) is 6.61 Å². The van der Waals surface area contributed by atoms with Gasteiger partial charge in [0, 0.05) is 0 Å². The summed E-state index contributed by atoms with van der Waals surface area (Å²) in [5.74, 6) is -5.41. The number of alkyl halides is 7. The fourth-order valence-corrected chi connectivity index (χ4v) is 1.23. The smallest absolute Gasteiger partial charge is 0.419 e. The summed E-state index contributed by atoms with van der Waals surface area (Å²) >= 11 is 0. The Morgan fingerprint density at radius 3 is 2.16 bits per heavy atom. The summed E-state index contributed by atoms with van der Waals surface area (Å²) in [7, 11) is 1.37. The number of rotatable bonds is 4. The van der Waals surface area contributed by atoms with Gasteiger partial charge in [-0.2, -0.15) is 22.0 Å². The van der Waals surface area contributed by atoms with E-state index in [1.54, 1.807) is 0 Å². The predicted molar refractivity (Wildman–Crippen MR) is 56.1 cm³/mol. The van der Waals surface area contributed by atoms with E-state index in [1.807, 2.05) is 0 Å². The predicted octanol–water partition coefficient (Wildman–Crippen LogP) is 2.24. The van der Waals surface area contributed by atoms with E-state index < -0.39 is 36.4 Å². The van der Waals surface area contributed by atoms with Gasteiger partial charge >= 0.3 is 18.5 Å². The van der Waals surface area contributed by atoms with Crippen LogP contribution in [0.3, 0.4) is 0 Å². The Morgan fingerprint density at radius 2 is 1.68 bits per heavy atom. The van der Waals surface area contributed by atoms with Crippen molar-refractivity contribution in [3.63, 3.8) is 0 Å². The van der Waals surface area contributed by atoms with Crippen LogP contribution in [0.2, 0.25) is 0 Å². The van der Waals surface area contributed by atoms with E-state index in [4.69, 9.17) is 0 Å². The molecule has 1 aromatic rings. The Hall–Kier alpha value is -1.41. The summed E-state index contributed by atoms with van der Waals surface area (Å²) in [4.78, 5) is 0. The molecule has 0 N–H and O–H groups in total. The monoisotopic (exact) mass is 288 g/mol. The molecular formula is C10H8BF7O. The lowest BCUT2D eigenvalue weighted by Gasteiger charge is -2.19. The van der Waals surface area contributed by atoms with E-state index in [0.29, 0.717) is 6.07 Å². The second kappa shape index (κ2) is 5.30. The second-order valence-electron chi connectivity index (χ2n) is 3.85. The Labute approximate surface area is 104 Å². The summed E-state index contributed by atoms with van der Waals surface area (Å²) in [5.41, 5.74) is -1.04. The van der Waals surface area contributed by atoms with E-state index in [0.717, 1.165) is 6.07 Å². The summed E-state index contributed by atoms with van der Waals surface area (Å²) in [6, 6.07) is 2.71. The molecule has 0 fully saturated rings. The lowest BCUT2D eigenvalue weighted by molar-refractivity contribution is -0.153. The largest absolute Gasteiger partial charge is 0.486 e. The average Bonchev–Trinajstić information content (AvgIpc) is 2.26. The molecule has 1 aromatic carbocycles. The van der Waals surface area contributed by atoms with Crippen LogP contribution in [0.1, 0.15) is 5.56 Å². The van der Waals surface area contributed by atoms with Crippen LogP contribution in [0, 0.1) is 0 Å². The zero-order valence-corrected chi connectivity index (χ0v) is 9.57. The summed E-state index contributed by atoms with van der Waals surface area (Å²) in [5, 5.41) is 0. The molecule has 0 atom stereocenters. The van der Waals surface area contributed by atoms with Crippen molar-refractivity contribution in [2.45, 2.75) is 18.5 Å². The van der Waals surface area contributed by atoms with Crippen molar-refractivity contribution >= 4 is 13.3 Å². The minimum atomic E-state index is -4.82. The number of ether oxygens (including phenoxy) is 1. The van der Waals surface area contributed by atoms with Crippen molar-refractivity contribution in [2.75, 3.05) is 6.61 Å². The lowest BCUT2D eigenvalue weighted by Crippen LogP contribution is -2.34. The van der Waals surface area contributed by atoms with E-state index in [1.165, 1.54) is 13.9 Å². The van der Waals surface area contributed by atoms with Crippen LogP contribution in [0.15, 0.2) is 18.2 Å². The molecule has 0 aliphatic heterocycles. The van der Waals surface area contributed by atoms with Gasteiger partial charge in [-0.1, -0.05) is 17.6 Å². The highest BCUT2D eigenvalue weighted by Gasteiger charge is 2.42. The van der Waals surface area contributed by atoms with Crippen molar-refractivity contribution in [3.05, 3.63) is 23.8 Å². The Balaban J connectivity index is 2.96. The van der Waals surface area contributed by atoms with Gasteiger partial charge in [-0.3, -0.25) is 0 Å². The third-order valence-corrected chi connectivity index (χ3v) is 2.18. The molecule has 0 saturated heterocycles. The van der Waals surface area contributed by atoms with Gasteiger partial charge < -0.3 is 4.74 Å². The first kappa shape index (κ1) is 15.7. The molecule has 1 rings (SSSR count). The van der Waals surface area contributed by atoms with Crippen LogP contribution >= 0.6 is 0 Å². The average molecular weight is 288 g/mol. The van der Waals surface area contributed by atoms with Crippen molar-refractivity contribution in [3.8, 4) is 5.75 Å². The van der Waals surface area contributed by atoms with Gasteiger partial charge in [0.1, 0.15) is 13.6 Å². The molecule has 0 aliphatic carbocycles. The Morgan fingerprint density at radius 1 is 1.11 bits per heavy atom. The van der Waals surface area contributed by atoms with Crippen LogP contribution in [0.25, 0.3) is 0 Å². The molecule has 0 aliphatic rings. The maximum Gasteiger partial charge on any atom is 0.419 e. The first-order valence-electron chi connectivity index (χ1n) is 5.00. The maximum atomic E-state index is 12.6. The molecule has 19 heavy (non-hydrogen) atoms. The summed E-state index contributed by atoms with van der Waals surface area (Å²) in [6.07, 6.45) is -8.83. The van der Waals surface area contributed by atoms with Gasteiger partial charge in [0.2, 0.25) is 0 Å². The standard InChI is InChI=1S/C10H8BF7O/c11-5-1-2-7(6(3-5)10(16,17)18)19-4-9(14,15)8(12)13/h1-3,8H,4,11H2. The normalized spacial score (nSPS) is 12.8. The van der Waals surface area contributed by atoms with Crippen LogP contribution in [-0.4, -0.2) is 26.8 Å². The van der Waals surface area contributed by atoms with E-state index in [-0.39, 0.29) is 5.46 Å². The van der Waals surface area contributed by atoms with Crippen molar-refractivity contribution < 1.29 is 35.5 Å². The van der Waals surface area contributed by atoms with Crippen molar-refractivity contribution in [1.82, 2.24) is 0 Å². The minimum absolute atomic E-state index is 0.236. The Kier molecular flexibility index (Phi) is 4.37. The number of benzene rings is 1. The van der Waals surface area contributed by atoms with E-state index in [9.17, 15) is 30.7 Å². The fourth-order valence-electron chi connectivity index (χ4n) is 1.23. The van der Waals surface area contributed by atoms with E-state index in [2.05, 4.69) is 4.74 Å². The summed E-state index contributed by atoms with van der Waals surface area (Å²) < 4.78 is 90.9. The zero-order chi connectivity index (χ0) is 14.8.